The van der Waals surface area contributed by atoms with Crippen molar-refractivity contribution in [3.05, 3.63) is 29.6 Å². The Kier molecular flexibility index (Phi) is 5.78. The number of carbonyl (C=O) groups excluding carboxylic acids is 2. The van der Waals surface area contributed by atoms with Crippen molar-refractivity contribution in [3.8, 4) is 5.75 Å². The zero-order valence-corrected chi connectivity index (χ0v) is 16.0. The first-order chi connectivity index (χ1) is 12.0. The van der Waals surface area contributed by atoms with Crippen LogP contribution < -0.4 is 0 Å². The number of carbonyl (C=O) groups is 2. The third kappa shape index (κ3) is 4.45. The largest absolute Gasteiger partial charge is 0.508 e. The Morgan fingerprint density at radius 2 is 1.81 bits per heavy atom. The Labute approximate surface area is 153 Å². The van der Waals surface area contributed by atoms with Crippen LogP contribution in [0.4, 0.5) is 9.18 Å². The average Bonchev–Trinajstić information content (AvgIpc) is 2.53. The Morgan fingerprint density at radius 1 is 1.23 bits per heavy atom. The lowest BCUT2D eigenvalue weighted by Crippen LogP contribution is -2.61. The van der Waals surface area contributed by atoms with E-state index in [1.807, 2.05) is 34.6 Å². The van der Waals surface area contributed by atoms with E-state index in [0.29, 0.717) is 13.1 Å². The van der Waals surface area contributed by atoms with Gasteiger partial charge in [-0.15, -0.1) is 0 Å². The van der Waals surface area contributed by atoms with Gasteiger partial charge in [-0.3, -0.25) is 9.69 Å². The maximum Gasteiger partial charge on any atom is 0.410 e. The minimum Gasteiger partial charge on any atom is -0.508 e. The van der Waals surface area contributed by atoms with Crippen LogP contribution in [0.5, 0.6) is 5.75 Å². The Hall–Kier alpha value is -2.31. The lowest BCUT2D eigenvalue weighted by atomic mass is 9.93. The Balaban J connectivity index is 2.01. The number of piperazine rings is 1. The highest BCUT2D eigenvalue weighted by atomic mass is 19.1. The predicted octanol–water partition coefficient (Wildman–Crippen LogP) is 3.14. The van der Waals surface area contributed by atoms with Gasteiger partial charge in [0.05, 0.1) is 12.1 Å². The van der Waals surface area contributed by atoms with E-state index in [0.717, 1.165) is 6.07 Å². The number of rotatable bonds is 2. The molecule has 0 bridgehead atoms. The lowest BCUT2D eigenvalue weighted by molar-refractivity contribution is -0.143. The van der Waals surface area contributed by atoms with E-state index in [2.05, 4.69) is 0 Å². The van der Waals surface area contributed by atoms with Crippen LogP contribution in [-0.2, 0) is 16.1 Å². The molecule has 1 aromatic rings. The molecule has 6 nitrogen and oxygen atoms in total. The first-order valence-corrected chi connectivity index (χ1v) is 8.72. The molecule has 0 spiro atoms. The fourth-order valence-electron chi connectivity index (χ4n) is 3.21. The van der Waals surface area contributed by atoms with Crippen LogP contribution >= 0.6 is 0 Å². The fraction of sp³-hybridized carbons (Fsp3) is 0.579. The number of hydrogen-bond acceptors (Lipinski definition) is 4. The monoisotopic (exact) mass is 366 g/mol. The van der Waals surface area contributed by atoms with Gasteiger partial charge in [0.2, 0.25) is 5.91 Å². The molecule has 7 heteroatoms. The molecule has 2 atom stereocenters. The van der Waals surface area contributed by atoms with Gasteiger partial charge in [-0.2, -0.15) is 0 Å². The molecule has 1 heterocycles. The zero-order chi connectivity index (χ0) is 19.6. The standard InChI is InChI=1S/C19H27FN2O4/c1-12-9-21(17(24)19(3,4)5)10-13(2)22(12)18(25)26-11-14-8-15(23)6-7-16(14)20/h6-8,12-13,23H,9-11H2,1-5H3/t12-,13+. The number of aromatic hydroxyl groups is 1. The summed E-state index contributed by atoms with van der Waals surface area (Å²) in [6.45, 7) is 9.91. The average molecular weight is 366 g/mol. The summed E-state index contributed by atoms with van der Waals surface area (Å²) in [6, 6.07) is 3.16. The number of ether oxygens (including phenoxy) is 1. The quantitative estimate of drug-likeness (QED) is 0.873. The van der Waals surface area contributed by atoms with Crippen LogP contribution in [0.15, 0.2) is 18.2 Å². The lowest BCUT2D eigenvalue weighted by Gasteiger charge is -2.45. The van der Waals surface area contributed by atoms with Gasteiger partial charge >= 0.3 is 6.09 Å². The number of phenolic OH excluding ortho intramolecular Hbond substituents is 1. The van der Waals surface area contributed by atoms with E-state index in [4.69, 9.17) is 4.74 Å². The van der Waals surface area contributed by atoms with Crippen molar-refractivity contribution in [1.29, 1.82) is 0 Å². The summed E-state index contributed by atoms with van der Waals surface area (Å²) in [5.74, 6) is -0.586. The van der Waals surface area contributed by atoms with Crippen molar-refractivity contribution < 1.29 is 23.8 Å². The third-order valence-electron chi connectivity index (χ3n) is 4.44. The Bertz CT molecular complexity index is 675. The smallest absolute Gasteiger partial charge is 0.410 e. The zero-order valence-electron chi connectivity index (χ0n) is 16.0. The van der Waals surface area contributed by atoms with Crippen molar-refractivity contribution in [1.82, 2.24) is 9.80 Å². The van der Waals surface area contributed by atoms with Crippen LogP contribution in [0.3, 0.4) is 0 Å². The van der Waals surface area contributed by atoms with Crippen molar-refractivity contribution in [2.45, 2.75) is 53.3 Å². The molecule has 1 aromatic carbocycles. The molecule has 0 unspecified atom stereocenters. The molecule has 1 aliphatic heterocycles. The molecule has 144 valence electrons. The number of benzene rings is 1. The maximum atomic E-state index is 13.7. The summed E-state index contributed by atoms with van der Waals surface area (Å²) in [7, 11) is 0. The maximum absolute atomic E-state index is 13.7. The van der Waals surface area contributed by atoms with Gasteiger partial charge in [-0.05, 0) is 32.0 Å². The van der Waals surface area contributed by atoms with Crippen molar-refractivity contribution in [2.75, 3.05) is 13.1 Å². The minimum atomic E-state index is -0.560. The predicted molar refractivity (Wildman–Crippen MR) is 95.0 cm³/mol. The van der Waals surface area contributed by atoms with Gasteiger partial charge in [0.15, 0.2) is 0 Å². The van der Waals surface area contributed by atoms with Crippen LogP contribution in [-0.4, -0.2) is 52.1 Å². The molecular weight excluding hydrogens is 339 g/mol. The second kappa shape index (κ2) is 7.51. The van der Waals surface area contributed by atoms with E-state index < -0.39 is 17.3 Å². The summed E-state index contributed by atoms with van der Waals surface area (Å²) in [4.78, 5) is 28.3. The molecule has 1 saturated heterocycles. The first kappa shape index (κ1) is 20.0. The van der Waals surface area contributed by atoms with Crippen LogP contribution in [0.1, 0.15) is 40.2 Å². The van der Waals surface area contributed by atoms with Crippen LogP contribution in [0.25, 0.3) is 0 Å². The Morgan fingerprint density at radius 3 is 2.35 bits per heavy atom. The van der Waals surface area contributed by atoms with Crippen molar-refractivity contribution in [3.63, 3.8) is 0 Å². The summed E-state index contributed by atoms with van der Waals surface area (Å²) in [5.41, 5.74) is -0.366. The number of nitrogens with zero attached hydrogens (tertiary/aromatic N) is 2. The molecule has 0 saturated carbocycles. The van der Waals surface area contributed by atoms with Crippen LogP contribution in [0, 0.1) is 11.2 Å². The van der Waals surface area contributed by atoms with Gasteiger partial charge in [0, 0.05) is 24.1 Å². The number of amides is 2. The fourth-order valence-corrected chi connectivity index (χ4v) is 3.21. The van der Waals surface area contributed by atoms with Crippen molar-refractivity contribution in [2.24, 2.45) is 5.41 Å². The molecule has 1 aliphatic rings. The van der Waals surface area contributed by atoms with E-state index in [1.54, 1.807) is 9.80 Å². The summed E-state index contributed by atoms with van der Waals surface area (Å²) in [6.07, 6.45) is -0.560. The minimum absolute atomic E-state index is 0.0473. The van der Waals surface area contributed by atoms with Gasteiger partial charge in [-0.25, -0.2) is 9.18 Å². The third-order valence-corrected chi connectivity index (χ3v) is 4.44. The number of halogens is 1. The summed E-state index contributed by atoms with van der Waals surface area (Å²) >= 11 is 0. The SMILES string of the molecule is C[C@@H]1CN(C(=O)C(C)(C)C)C[C@H](C)N1C(=O)OCc1cc(O)ccc1F. The van der Waals surface area contributed by atoms with Gasteiger partial charge in [0.25, 0.3) is 0 Å². The highest BCUT2D eigenvalue weighted by Gasteiger charge is 2.38. The normalized spacial score (nSPS) is 20.8. The molecule has 1 fully saturated rings. The highest BCUT2D eigenvalue weighted by Crippen LogP contribution is 2.24. The topological polar surface area (TPSA) is 70.1 Å². The summed E-state index contributed by atoms with van der Waals surface area (Å²) in [5, 5.41) is 9.43. The second-order valence-electron chi connectivity index (χ2n) is 7.90. The van der Waals surface area contributed by atoms with Gasteiger partial charge < -0.3 is 14.7 Å². The second-order valence-corrected chi connectivity index (χ2v) is 7.90. The molecule has 2 rings (SSSR count). The van der Waals surface area contributed by atoms with Gasteiger partial charge in [-0.1, -0.05) is 20.8 Å². The highest BCUT2D eigenvalue weighted by molar-refractivity contribution is 5.82. The molecule has 0 aliphatic carbocycles. The molecule has 26 heavy (non-hydrogen) atoms. The summed E-state index contributed by atoms with van der Waals surface area (Å²) < 4.78 is 18.9. The van der Waals surface area contributed by atoms with Gasteiger partial charge in [0.1, 0.15) is 18.2 Å². The van der Waals surface area contributed by atoms with Crippen molar-refractivity contribution >= 4 is 12.0 Å². The van der Waals surface area contributed by atoms with E-state index in [9.17, 15) is 19.1 Å². The molecule has 2 amide bonds. The molecule has 1 N–H and O–H groups in total. The van der Waals surface area contributed by atoms with E-state index >= 15 is 0 Å². The number of hydrogen-bond donors (Lipinski definition) is 1. The molecular formula is C19H27FN2O4. The van der Waals surface area contributed by atoms with E-state index in [1.165, 1.54) is 12.1 Å². The van der Waals surface area contributed by atoms with E-state index in [-0.39, 0.29) is 35.9 Å². The van der Waals surface area contributed by atoms with Crippen LogP contribution in [0.2, 0.25) is 0 Å². The molecule has 0 radical (unpaired) electrons. The molecule has 0 aromatic heterocycles. The number of phenols is 1. The first-order valence-electron chi connectivity index (χ1n) is 8.72.